The van der Waals surface area contributed by atoms with E-state index in [1.807, 2.05) is 49.6 Å². The molecule has 1 aliphatic rings. The molecule has 0 radical (unpaired) electrons. The molecule has 1 aromatic carbocycles. The van der Waals surface area contributed by atoms with Gasteiger partial charge in [0.1, 0.15) is 23.1 Å². The average Bonchev–Trinajstić information content (AvgIpc) is 3.29. The van der Waals surface area contributed by atoms with Crippen LogP contribution in [-0.4, -0.2) is 26.8 Å². The topological polar surface area (TPSA) is 96.3 Å². The number of carboxylic acid groups (broad SMARTS) is 1. The van der Waals surface area contributed by atoms with Gasteiger partial charge in [-0.2, -0.15) is 5.10 Å². The number of allylic oxidation sites excluding steroid dienone is 1. The van der Waals surface area contributed by atoms with Crippen LogP contribution in [0.2, 0.25) is 0 Å². The Morgan fingerprint density at radius 3 is 2.64 bits per heavy atom. The summed E-state index contributed by atoms with van der Waals surface area (Å²) in [7, 11) is 0. The largest absolute Gasteiger partial charge is 0.477 e. The Morgan fingerprint density at radius 2 is 2.00 bits per heavy atom. The highest BCUT2D eigenvalue weighted by Crippen LogP contribution is 2.34. The molecule has 3 aromatic rings. The summed E-state index contributed by atoms with van der Waals surface area (Å²) in [6.07, 6.45) is 3.05. The van der Waals surface area contributed by atoms with Crippen molar-refractivity contribution >= 4 is 34.7 Å². The van der Waals surface area contributed by atoms with E-state index in [4.69, 9.17) is 0 Å². The summed E-state index contributed by atoms with van der Waals surface area (Å²) in [5.74, 6) is -1.08. The predicted octanol–water partition coefficient (Wildman–Crippen LogP) is 3.80. The second-order valence-corrected chi connectivity index (χ2v) is 7.63. The summed E-state index contributed by atoms with van der Waals surface area (Å²) in [5.41, 5.74) is 3.07. The summed E-state index contributed by atoms with van der Waals surface area (Å²) >= 11 is 1.50. The quantitative estimate of drug-likeness (QED) is 0.626. The molecule has 1 atom stereocenters. The Labute approximate surface area is 165 Å². The van der Waals surface area contributed by atoms with Crippen LogP contribution in [0.4, 0.5) is 11.5 Å². The summed E-state index contributed by atoms with van der Waals surface area (Å²) in [6.45, 7) is 3.92. The van der Waals surface area contributed by atoms with Crippen molar-refractivity contribution in [3.8, 4) is 0 Å². The van der Waals surface area contributed by atoms with Crippen molar-refractivity contribution in [1.82, 2.24) is 9.78 Å². The number of thiophene rings is 1. The molecule has 0 saturated carbocycles. The number of nitrogens with one attached hydrogen (secondary N) is 2. The molecule has 8 heteroatoms. The molecule has 0 bridgehead atoms. The third-order valence-electron chi connectivity index (χ3n) is 4.43. The van der Waals surface area contributed by atoms with Gasteiger partial charge in [-0.25, -0.2) is 9.48 Å². The highest BCUT2D eigenvalue weighted by molar-refractivity contribution is 7.10. The van der Waals surface area contributed by atoms with E-state index in [1.54, 1.807) is 10.8 Å². The van der Waals surface area contributed by atoms with Gasteiger partial charge in [0.05, 0.1) is 6.20 Å². The molecule has 0 saturated heterocycles. The van der Waals surface area contributed by atoms with Crippen molar-refractivity contribution in [2.24, 2.45) is 0 Å². The van der Waals surface area contributed by atoms with E-state index in [9.17, 15) is 14.7 Å². The van der Waals surface area contributed by atoms with Crippen molar-refractivity contribution in [2.45, 2.75) is 19.9 Å². The van der Waals surface area contributed by atoms with Gasteiger partial charge < -0.3 is 15.7 Å². The van der Waals surface area contributed by atoms with Crippen LogP contribution in [-0.2, 0) is 4.79 Å². The average molecular weight is 394 g/mol. The lowest BCUT2D eigenvalue weighted by atomic mass is 10.1. The van der Waals surface area contributed by atoms with Gasteiger partial charge in [-0.15, -0.1) is 11.3 Å². The van der Waals surface area contributed by atoms with Crippen LogP contribution < -0.4 is 10.6 Å². The number of carbonyl (C=O) groups is 2. The Hall–Kier alpha value is -3.39. The van der Waals surface area contributed by atoms with Crippen molar-refractivity contribution in [3.63, 3.8) is 0 Å². The number of rotatable bonds is 4. The first-order valence-corrected chi connectivity index (χ1v) is 9.53. The van der Waals surface area contributed by atoms with E-state index in [1.165, 1.54) is 17.5 Å². The highest BCUT2D eigenvalue weighted by Gasteiger charge is 2.29. The summed E-state index contributed by atoms with van der Waals surface area (Å²) in [6, 6.07) is 9.21. The van der Waals surface area contributed by atoms with E-state index < -0.39 is 5.97 Å². The second kappa shape index (κ2) is 6.97. The van der Waals surface area contributed by atoms with Crippen LogP contribution in [0.3, 0.4) is 0 Å². The lowest BCUT2D eigenvalue weighted by Gasteiger charge is -2.23. The maximum absolute atomic E-state index is 12.9. The number of aromatic nitrogens is 2. The molecule has 142 valence electrons. The number of aliphatic carboxylic acids is 1. The number of benzene rings is 1. The molecule has 0 fully saturated rings. The Bertz CT molecular complexity index is 1080. The zero-order chi connectivity index (χ0) is 19.8. The second-order valence-electron chi connectivity index (χ2n) is 6.65. The zero-order valence-corrected chi connectivity index (χ0v) is 16.1. The molecule has 7 nitrogen and oxygen atoms in total. The first kappa shape index (κ1) is 18.0. The normalized spacial score (nSPS) is 15.4. The Morgan fingerprint density at radius 1 is 1.25 bits per heavy atom. The molecule has 1 amide bonds. The van der Waals surface area contributed by atoms with E-state index in [-0.39, 0.29) is 23.2 Å². The summed E-state index contributed by atoms with van der Waals surface area (Å²) in [4.78, 5) is 25.4. The number of hydrogen-bond donors (Lipinski definition) is 3. The van der Waals surface area contributed by atoms with Crippen LogP contribution >= 0.6 is 11.3 Å². The van der Waals surface area contributed by atoms with Crippen LogP contribution in [0.5, 0.6) is 0 Å². The lowest BCUT2D eigenvalue weighted by Crippen LogP contribution is -2.25. The van der Waals surface area contributed by atoms with Gasteiger partial charge in [0, 0.05) is 10.6 Å². The molecular formula is C20H18N4O3S. The molecule has 3 heterocycles. The maximum Gasteiger partial charge on any atom is 0.352 e. The monoisotopic (exact) mass is 394 g/mol. The third-order valence-corrected chi connectivity index (χ3v) is 5.37. The molecule has 0 spiro atoms. The first-order chi connectivity index (χ1) is 13.4. The van der Waals surface area contributed by atoms with E-state index >= 15 is 0 Å². The predicted molar refractivity (Wildman–Crippen MR) is 108 cm³/mol. The lowest BCUT2D eigenvalue weighted by molar-refractivity contribution is -0.132. The van der Waals surface area contributed by atoms with Crippen LogP contribution in [0.1, 0.15) is 32.4 Å². The highest BCUT2D eigenvalue weighted by atomic mass is 32.1. The van der Waals surface area contributed by atoms with Crippen molar-refractivity contribution in [3.05, 3.63) is 75.2 Å². The molecule has 4 rings (SSSR count). The minimum atomic E-state index is -1.09. The minimum absolute atomic E-state index is 0.0202. The number of nitrogens with zero attached hydrogens (tertiary/aromatic N) is 2. The van der Waals surface area contributed by atoms with Crippen LogP contribution in [0, 0.1) is 13.8 Å². The third kappa shape index (κ3) is 3.29. The number of carbonyl (C=O) groups excluding carboxylic acids is 1. The standard InChI is InChI=1S/C20H18N4O3S/c1-11-6-12(2)8-13(7-11)22-19(25)14-10-21-24-16(17-4-3-5-28-17)9-15(20(26)27)23-18(14)24/h3-10,16,23H,1-2H3,(H,22,25)(H,26,27)/t16-/m0/s1. The smallest absolute Gasteiger partial charge is 0.352 e. The Balaban J connectivity index is 1.70. The SMILES string of the molecule is Cc1cc(C)cc(NC(=O)c2cnn3c2NC(C(=O)O)=C[C@H]3c2cccs2)c1. The molecule has 1 aliphatic heterocycles. The number of amides is 1. The van der Waals surface area contributed by atoms with Gasteiger partial charge in [-0.1, -0.05) is 12.1 Å². The fraction of sp³-hybridized carbons (Fsp3) is 0.150. The molecule has 28 heavy (non-hydrogen) atoms. The van der Waals surface area contributed by atoms with E-state index in [0.717, 1.165) is 16.0 Å². The van der Waals surface area contributed by atoms with Crippen molar-refractivity contribution < 1.29 is 14.7 Å². The number of hydrogen-bond acceptors (Lipinski definition) is 5. The molecule has 0 unspecified atom stereocenters. The van der Waals surface area contributed by atoms with Crippen LogP contribution in [0.15, 0.2) is 53.7 Å². The summed E-state index contributed by atoms with van der Waals surface area (Å²) < 4.78 is 1.63. The van der Waals surface area contributed by atoms with Gasteiger partial charge >= 0.3 is 5.97 Å². The van der Waals surface area contributed by atoms with Crippen molar-refractivity contribution in [2.75, 3.05) is 10.6 Å². The van der Waals surface area contributed by atoms with E-state index in [0.29, 0.717) is 11.5 Å². The number of anilines is 2. The first-order valence-electron chi connectivity index (χ1n) is 8.65. The number of carboxylic acids is 1. The van der Waals surface area contributed by atoms with Gasteiger partial charge in [0.15, 0.2) is 0 Å². The molecule has 2 aromatic heterocycles. The molecule has 3 N–H and O–H groups in total. The fourth-order valence-electron chi connectivity index (χ4n) is 3.29. The molecule has 0 aliphatic carbocycles. The van der Waals surface area contributed by atoms with Gasteiger partial charge in [0.2, 0.25) is 0 Å². The van der Waals surface area contributed by atoms with Crippen LogP contribution in [0.25, 0.3) is 0 Å². The minimum Gasteiger partial charge on any atom is -0.477 e. The van der Waals surface area contributed by atoms with E-state index in [2.05, 4.69) is 15.7 Å². The zero-order valence-electron chi connectivity index (χ0n) is 15.3. The van der Waals surface area contributed by atoms with Gasteiger partial charge in [-0.3, -0.25) is 4.79 Å². The maximum atomic E-state index is 12.9. The Kier molecular flexibility index (Phi) is 4.48. The van der Waals surface area contributed by atoms with Gasteiger partial charge in [0.25, 0.3) is 5.91 Å². The summed E-state index contributed by atoms with van der Waals surface area (Å²) in [5, 5.41) is 21.5. The number of fused-ring (bicyclic) bond motifs is 1. The number of aryl methyl sites for hydroxylation is 2. The van der Waals surface area contributed by atoms with Gasteiger partial charge in [-0.05, 0) is 54.6 Å². The van der Waals surface area contributed by atoms with Crippen molar-refractivity contribution in [1.29, 1.82) is 0 Å². The fourth-order valence-corrected chi connectivity index (χ4v) is 4.07. The molecular weight excluding hydrogens is 376 g/mol.